The molecule has 7 heteroatoms. The molecule has 0 spiro atoms. The van der Waals surface area contributed by atoms with E-state index in [2.05, 4.69) is 67.6 Å². The monoisotopic (exact) mass is 460 g/mol. The number of hydrogen-bond acceptors (Lipinski definition) is 4. The SMILES string of the molecule is CN=N/N=C(\C)c1cc(-c2ccc(F)cc2)cn1Cc1cc(N2CCC(CNC)C2)ccc1C. The molecule has 0 saturated carbocycles. The van der Waals surface area contributed by atoms with E-state index < -0.39 is 0 Å². The Balaban J connectivity index is 1.66. The molecule has 0 aliphatic carbocycles. The van der Waals surface area contributed by atoms with E-state index in [1.165, 1.54) is 35.4 Å². The molecule has 1 saturated heterocycles. The van der Waals surface area contributed by atoms with Gasteiger partial charge in [-0.1, -0.05) is 18.2 Å². The number of nitrogens with one attached hydrogen (secondary N) is 1. The molecule has 34 heavy (non-hydrogen) atoms. The summed E-state index contributed by atoms with van der Waals surface area (Å²) in [6.45, 7) is 8.03. The second-order valence-electron chi connectivity index (χ2n) is 8.99. The van der Waals surface area contributed by atoms with Crippen molar-refractivity contribution in [1.29, 1.82) is 0 Å². The lowest BCUT2D eigenvalue weighted by Gasteiger charge is -2.21. The number of hydrogen-bond donors (Lipinski definition) is 1. The summed E-state index contributed by atoms with van der Waals surface area (Å²) >= 11 is 0. The summed E-state index contributed by atoms with van der Waals surface area (Å²) in [5.41, 5.74) is 7.51. The van der Waals surface area contributed by atoms with Crippen LogP contribution in [0.1, 0.15) is 30.2 Å². The molecule has 0 amide bonds. The number of nitrogens with zero attached hydrogens (tertiary/aromatic N) is 5. The Morgan fingerprint density at radius 1 is 1.12 bits per heavy atom. The number of aryl methyl sites for hydroxylation is 1. The van der Waals surface area contributed by atoms with Gasteiger partial charge < -0.3 is 14.8 Å². The van der Waals surface area contributed by atoms with Gasteiger partial charge in [0.2, 0.25) is 0 Å². The van der Waals surface area contributed by atoms with Gasteiger partial charge in [-0.15, -0.1) is 5.10 Å². The summed E-state index contributed by atoms with van der Waals surface area (Å²) in [6, 6.07) is 15.4. The maximum Gasteiger partial charge on any atom is 0.123 e. The molecule has 1 N–H and O–H groups in total. The molecular formula is C27H33FN6. The van der Waals surface area contributed by atoms with Crippen LogP contribution >= 0.6 is 0 Å². The molecule has 2 aromatic carbocycles. The molecule has 1 unspecified atom stereocenters. The van der Waals surface area contributed by atoms with Crippen molar-refractivity contribution < 1.29 is 4.39 Å². The quantitative estimate of drug-likeness (QED) is 0.274. The van der Waals surface area contributed by atoms with Crippen LogP contribution < -0.4 is 10.2 Å². The highest BCUT2D eigenvalue weighted by molar-refractivity contribution is 5.98. The average Bonchev–Trinajstić information content (AvgIpc) is 3.47. The van der Waals surface area contributed by atoms with E-state index in [0.29, 0.717) is 12.5 Å². The molecule has 1 fully saturated rings. The smallest absolute Gasteiger partial charge is 0.123 e. The van der Waals surface area contributed by atoms with Crippen LogP contribution in [0.15, 0.2) is 70.2 Å². The number of rotatable bonds is 8. The molecule has 6 nitrogen and oxygen atoms in total. The van der Waals surface area contributed by atoms with Crippen LogP contribution in [0.2, 0.25) is 0 Å². The van der Waals surface area contributed by atoms with Crippen molar-refractivity contribution in [2.45, 2.75) is 26.8 Å². The van der Waals surface area contributed by atoms with Gasteiger partial charge in [-0.25, -0.2) is 4.39 Å². The second-order valence-corrected chi connectivity index (χ2v) is 8.99. The molecule has 4 rings (SSSR count). The van der Waals surface area contributed by atoms with Gasteiger partial charge >= 0.3 is 0 Å². The van der Waals surface area contributed by atoms with E-state index >= 15 is 0 Å². The van der Waals surface area contributed by atoms with Gasteiger partial charge in [0.15, 0.2) is 0 Å². The summed E-state index contributed by atoms with van der Waals surface area (Å²) in [4.78, 5) is 2.49. The Hall–Kier alpha value is -3.32. The summed E-state index contributed by atoms with van der Waals surface area (Å²) in [5, 5.41) is 15.1. The third-order valence-electron chi connectivity index (χ3n) is 6.55. The van der Waals surface area contributed by atoms with E-state index in [0.717, 1.165) is 42.2 Å². The first kappa shape index (κ1) is 23.8. The van der Waals surface area contributed by atoms with E-state index in [1.54, 1.807) is 19.2 Å². The molecule has 1 atom stereocenters. The summed E-state index contributed by atoms with van der Waals surface area (Å²) < 4.78 is 15.7. The third-order valence-corrected chi connectivity index (χ3v) is 6.55. The van der Waals surface area contributed by atoms with Crippen molar-refractivity contribution in [1.82, 2.24) is 9.88 Å². The first-order chi connectivity index (χ1) is 16.5. The van der Waals surface area contributed by atoms with Crippen molar-refractivity contribution in [2.24, 2.45) is 21.4 Å². The Kier molecular flexibility index (Phi) is 7.53. The fraction of sp³-hybridized carbons (Fsp3) is 0.370. The Morgan fingerprint density at radius 3 is 2.65 bits per heavy atom. The lowest BCUT2D eigenvalue weighted by atomic mass is 10.1. The van der Waals surface area contributed by atoms with Crippen molar-refractivity contribution in [2.75, 3.05) is 38.6 Å². The number of aromatic nitrogens is 1. The maximum absolute atomic E-state index is 13.5. The van der Waals surface area contributed by atoms with Crippen LogP contribution in [0, 0.1) is 18.7 Å². The molecule has 0 bridgehead atoms. The van der Waals surface area contributed by atoms with Gasteiger partial charge in [0.05, 0.1) is 18.5 Å². The average molecular weight is 461 g/mol. The van der Waals surface area contributed by atoms with E-state index in [4.69, 9.17) is 0 Å². The molecular weight excluding hydrogens is 427 g/mol. The zero-order valence-corrected chi connectivity index (χ0v) is 20.4. The highest BCUT2D eigenvalue weighted by atomic mass is 19.1. The van der Waals surface area contributed by atoms with Crippen LogP contribution in [0.5, 0.6) is 0 Å². The zero-order valence-electron chi connectivity index (χ0n) is 20.4. The predicted molar refractivity (Wildman–Crippen MR) is 137 cm³/mol. The zero-order chi connectivity index (χ0) is 24.1. The minimum atomic E-state index is -0.240. The fourth-order valence-corrected chi connectivity index (χ4v) is 4.64. The van der Waals surface area contributed by atoms with Crippen molar-refractivity contribution >= 4 is 11.4 Å². The number of halogens is 1. The Morgan fingerprint density at radius 2 is 1.91 bits per heavy atom. The number of anilines is 1. The van der Waals surface area contributed by atoms with Crippen LogP contribution in [0.25, 0.3) is 11.1 Å². The lowest BCUT2D eigenvalue weighted by Crippen LogP contribution is -2.24. The first-order valence-electron chi connectivity index (χ1n) is 11.8. The van der Waals surface area contributed by atoms with Gasteiger partial charge in [0.1, 0.15) is 5.82 Å². The Labute approximate surface area is 201 Å². The van der Waals surface area contributed by atoms with E-state index in [9.17, 15) is 4.39 Å². The van der Waals surface area contributed by atoms with Gasteiger partial charge in [0.25, 0.3) is 0 Å². The molecule has 1 aliphatic rings. The highest BCUT2D eigenvalue weighted by Crippen LogP contribution is 2.28. The van der Waals surface area contributed by atoms with Crippen LogP contribution in [-0.4, -0.2) is 44.0 Å². The second kappa shape index (κ2) is 10.7. The highest BCUT2D eigenvalue weighted by Gasteiger charge is 2.22. The van der Waals surface area contributed by atoms with Crippen LogP contribution in [0.4, 0.5) is 10.1 Å². The maximum atomic E-state index is 13.5. The van der Waals surface area contributed by atoms with Crippen LogP contribution in [0.3, 0.4) is 0 Å². The summed E-state index contributed by atoms with van der Waals surface area (Å²) in [5.74, 6) is 0.450. The predicted octanol–water partition coefficient (Wildman–Crippen LogP) is 5.50. The van der Waals surface area contributed by atoms with Gasteiger partial charge in [-0.2, -0.15) is 5.11 Å². The van der Waals surface area contributed by atoms with Crippen LogP contribution in [-0.2, 0) is 6.54 Å². The van der Waals surface area contributed by atoms with Gasteiger partial charge in [-0.05, 0) is 92.0 Å². The normalized spacial score (nSPS) is 16.7. The molecule has 1 aromatic heterocycles. The van der Waals surface area contributed by atoms with Gasteiger partial charge in [-0.3, -0.25) is 0 Å². The molecule has 1 aliphatic heterocycles. The van der Waals surface area contributed by atoms with Crippen molar-refractivity contribution in [3.05, 3.63) is 77.4 Å². The van der Waals surface area contributed by atoms with E-state index in [-0.39, 0.29) is 5.82 Å². The summed E-state index contributed by atoms with van der Waals surface area (Å²) in [6.07, 6.45) is 3.32. The first-order valence-corrected chi connectivity index (χ1v) is 11.8. The molecule has 3 aromatic rings. The van der Waals surface area contributed by atoms with E-state index in [1.807, 2.05) is 14.0 Å². The minimum absolute atomic E-state index is 0.240. The van der Waals surface area contributed by atoms with Gasteiger partial charge in [0, 0.05) is 37.1 Å². The molecule has 178 valence electrons. The van der Waals surface area contributed by atoms with Crippen molar-refractivity contribution in [3.63, 3.8) is 0 Å². The Bertz CT molecular complexity index is 1180. The fourth-order valence-electron chi connectivity index (χ4n) is 4.64. The summed E-state index contributed by atoms with van der Waals surface area (Å²) in [7, 11) is 3.63. The largest absolute Gasteiger partial charge is 0.371 e. The lowest BCUT2D eigenvalue weighted by molar-refractivity contribution is 0.549. The number of benzene rings is 2. The molecule has 2 heterocycles. The molecule has 0 radical (unpaired) electrons. The third kappa shape index (κ3) is 5.42. The topological polar surface area (TPSA) is 57.3 Å². The minimum Gasteiger partial charge on any atom is -0.371 e. The standard InChI is InChI=1S/C27H33FN6/c1-19-5-10-26(33-12-11-21(16-33)15-29-3)13-23(19)17-34-18-24(22-6-8-25(28)9-7-22)14-27(34)20(2)31-32-30-4/h5-10,13-14,18,21,29H,11-12,15-17H2,1-4H3/b31-20+,32-30?. The van der Waals surface area contributed by atoms with Crippen molar-refractivity contribution in [3.8, 4) is 11.1 Å².